The van der Waals surface area contributed by atoms with Gasteiger partial charge < -0.3 is 10.5 Å². The third-order valence-corrected chi connectivity index (χ3v) is 3.69. The van der Waals surface area contributed by atoms with Gasteiger partial charge in [0.05, 0.1) is 12.1 Å². The highest BCUT2D eigenvalue weighted by Gasteiger charge is 2.25. The van der Waals surface area contributed by atoms with Crippen LogP contribution < -0.4 is 10.5 Å². The van der Waals surface area contributed by atoms with E-state index in [4.69, 9.17) is 22.1 Å². The van der Waals surface area contributed by atoms with Crippen LogP contribution in [-0.2, 0) is 5.54 Å². The van der Waals surface area contributed by atoms with Gasteiger partial charge in [0.25, 0.3) is 0 Å². The number of halogens is 1. The predicted molar refractivity (Wildman–Crippen MR) is 84.3 cm³/mol. The number of rotatable bonds is 5. The molecule has 0 spiro atoms. The summed E-state index contributed by atoms with van der Waals surface area (Å²) in [5.74, 6) is 0.866. The van der Waals surface area contributed by atoms with E-state index in [1.807, 2.05) is 55.5 Å². The quantitative estimate of drug-likeness (QED) is 0.888. The van der Waals surface area contributed by atoms with Crippen molar-refractivity contribution in [3.05, 3.63) is 64.7 Å². The number of nitrogens with two attached hydrogens (primary N) is 1. The van der Waals surface area contributed by atoms with Gasteiger partial charge in [0.15, 0.2) is 0 Å². The molecule has 0 amide bonds. The summed E-state index contributed by atoms with van der Waals surface area (Å²) in [6.07, 6.45) is 0.996. The van der Waals surface area contributed by atoms with Crippen LogP contribution in [0, 0.1) is 0 Å². The maximum absolute atomic E-state index is 6.49. The lowest BCUT2D eigenvalue weighted by Crippen LogP contribution is -2.34. The van der Waals surface area contributed by atoms with Crippen molar-refractivity contribution in [2.75, 3.05) is 6.61 Å². The van der Waals surface area contributed by atoms with Crippen LogP contribution in [0.2, 0.25) is 5.02 Å². The molecule has 0 aliphatic carbocycles. The van der Waals surface area contributed by atoms with Gasteiger partial charge >= 0.3 is 0 Å². The Hall–Kier alpha value is -1.51. The zero-order valence-electron chi connectivity index (χ0n) is 11.9. The second kappa shape index (κ2) is 6.29. The topological polar surface area (TPSA) is 35.2 Å². The van der Waals surface area contributed by atoms with Gasteiger partial charge in [-0.25, -0.2) is 0 Å². The zero-order chi connectivity index (χ0) is 14.6. The molecule has 2 aromatic carbocycles. The van der Waals surface area contributed by atoms with Crippen LogP contribution >= 0.6 is 11.6 Å². The van der Waals surface area contributed by atoms with Crippen molar-refractivity contribution in [2.45, 2.75) is 25.8 Å². The number of hydrogen-bond donors (Lipinski definition) is 1. The summed E-state index contributed by atoms with van der Waals surface area (Å²) in [4.78, 5) is 0. The lowest BCUT2D eigenvalue weighted by atomic mass is 9.85. The van der Waals surface area contributed by atoms with E-state index >= 15 is 0 Å². The maximum atomic E-state index is 6.49. The Morgan fingerprint density at radius 3 is 2.35 bits per heavy atom. The fourth-order valence-corrected chi connectivity index (χ4v) is 2.49. The van der Waals surface area contributed by atoms with Gasteiger partial charge in [-0.3, -0.25) is 0 Å². The molecule has 1 atom stereocenters. The van der Waals surface area contributed by atoms with Crippen LogP contribution in [0.15, 0.2) is 48.5 Å². The van der Waals surface area contributed by atoms with E-state index in [1.54, 1.807) is 0 Å². The molecule has 2 nitrogen and oxygen atoms in total. The van der Waals surface area contributed by atoms with E-state index in [0.29, 0.717) is 5.02 Å². The molecule has 0 heterocycles. The van der Waals surface area contributed by atoms with E-state index in [0.717, 1.165) is 29.9 Å². The van der Waals surface area contributed by atoms with E-state index in [9.17, 15) is 0 Å². The summed E-state index contributed by atoms with van der Waals surface area (Å²) >= 11 is 6.25. The molecule has 0 aliphatic heterocycles. The molecular formula is C17H20ClNO. The van der Waals surface area contributed by atoms with Crippen molar-refractivity contribution in [1.29, 1.82) is 0 Å². The van der Waals surface area contributed by atoms with E-state index in [2.05, 4.69) is 6.92 Å². The Morgan fingerprint density at radius 2 is 1.75 bits per heavy atom. The average molecular weight is 290 g/mol. The number of benzene rings is 2. The Morgan fingerprint density at radius 1 is 1.10 bits per heavy atom. The molecule has 2 aromatic rings. The van der Waals surface area contributed by atoms with Crippen LogP contribution in [0.4, 0.5) is 0 Å². The summed E-state index contributed by atoms with van der Waals surface area (Å²) in [5, 5.41) is 0.684. The minimum atomic E-state index is -0.623. The van der Waals surface area contributed by atoms with Gasteiger partial charge in [-0.05, 0) is 42.7 Å². The van der Waals surface area contributed by atoms with Gasteiger partial charge in [-0.1, -0.05) is 48.9 Å². The SMILES string of the molecule is CCCOc1ccc(C(C)(N)c2ccccc2Cl)cc1. The van der Waals surface area contributed by atoms with Gasteiger partial charge in [0, 0.05) is 5.02 Å². The monoisotopic (exact) mass is 289 g/mol. The molecule has 2 rings (SSSR count). The second-order valence-corrected chi connectivity index (χ2v) is 5.46. The molecule has 0 fully saturated rings. The molecule has 1 unspecified atom stereocenters. The first-order valence-corrected chi connectivity index (χ1v) is 7.20. The molecule has 2 N–H and O–H groups in total. The first-order chi connectivity index (χ1) is 9.55. The number of ether oxygens (including phenoxy) is 1. The van der Waals surface area contributed by atoms with E-state index in [1.165, 1.54) is 0 Å². The van der Waals surface area contributed by atoms with Gasteiger partial charge in [-0.15, -0.1) is 0 Å². The largest absolute Gasteiger partial charge is 0.494 e. The summed E-state index contributed by atoms with van der Waals surface area (Å²) in [7, 11) is 0. The highest BCUT2D eigenvalue weighted by molar-refractivity contribution is 6.31. The Kier molecular flexibility index (Phi) is 4.69. The molecule has 20 heavy (non-hydrogen) atoms. The normalized spacial score (nSPS) is 13.8. The Balaban J connectivity index is 2.28. The van der Waals surface area contributed by atoms with Gasteiger partial charge in [0.1, 0.15) is 5.75 Å². The molecule has 0 bridgehead atoms. The third kappa shape index (κ3) is 3.14. The number of hydrogen-bond acceptors (Lipinski definition) is 2. The Bertz CT molecular complexity index is 563. The molecule has 0 aliphatic rings. The lowest BCUT2D eigenvalue weighted by Gasteiger charge is -2.27. The van der Waals surface area contributed by atoms with Crippen molar-refractivity contribution < 1.29 is 4.74 Å². The first kappa shape index (κ1) is 14.9. The van der Waals surface area contributed by atoms with Crippen LogP contribution in [0.3, 0.4) is 0 Å². The Labute approximate surface area is 125 Å². The van der Waals surface area contributed by atoms with Gasteiger partial charge in [-0.2, -0.15) is 0 Å². The molecule has 0 saturated heterocycles. The van der Waals surface area contributed by atoms with Crippen molar-refractivity contribution in [2.24, 2.45) is 5.73 Å². The zero-order valence-corrected chi connectivity index (χ0v) is 12.7. The van der Waals surface area contributed by atoms with Crippen molar-refractivity contribution in [3.8, 4) is 5.75 Å². The molecule has 0 saturated carbocycles. The standard InChI is InChI=1S/C17H20ClNO/c1-3-12-20-14-10-8-13(9-11-14)17(2,19)15-6-4-5-7-16(15)18/h4-11H,3,12,19H2,1-2H3. The summed E-state index contributed by atoms with van der Waals surface area (Å²) in [6.45, 7) is 4.78. The lowest BCUT2D eigenvalue weighted by molar-refractivity contribution is 0.317. The van der Waals surface area contributed by atoms with Crippen molar-refractivity contribution >= 4 is 11.6 Å². The first-order valence-electron chi connectivity index (χ1n) is 6.83. The maximum Gasteiger partial charge on any atom is 0.119 e. The molecule has 3 heteroatoms. The minimum Gasteiger partial charge on any atom is -0.494 e. The van der Waals surface area contributed by atoms with Gasteiger partial charge in [0.2, 0.25) is 0 Å². The minimum absolute atomic E-state index is 0.623. The summed E-state index contributed by atoms with van der Waals surface area (Å²) in [6, 6.07) is 15.6. The fraction of sp³-hybridized carbons (Fsp3) is 0.294. The third-order valence-electron chi connectivity index (χ3n) is 3.36. The molecule has 106 valence electrons. The van der Waals surface area contributed by atoms with Crippen molar-refractivity contribution in [1.82, 2.24) is 0 Å². The van der Waals surface area contributed by atoms with E-state index < -0.39 is 5.54 Å². The van der Waals surface area contributed by atoms with Crippen LogP contribution in [0.25, 0.3) is 0 Å². The van der Waals surface area contributed by atoms with Crippen LogP contribution in [-0.4, -0.2) is 6.61 Å². The van der Waals surface area contributed by atoms with Crippen molar-refractivity contribution in [3.63, 3.8) is 0 Å². The van der Waals surface area contributed by atoms with Crippen LogP contribution in [0.5, 0.6) is 5.75 Å². The highest BCUT2D eigenvalue weighted by Crippen LogP contribution is 2.32. The molecular weight excluding hydrogens is 270 g/mol. The molecule has 0 radical (unpaired) electrons. The summed E-state index contributed by atoms with van der Waals surface area (Å²) < 4.78 is 5.59. The summed E-state index contributed by atoms with van der Waals surface area (Å²) in [5.41, 5.74) is 7.79. The average Bonchev–Trinajstić information content (AvgIpc) is 2.46. The second-order valence-electron chi connectivity index (χ2n) is 5.06. The fourth-order valence-electron chi connectivity index (χ4n) is 2.16. The van der Waals surface area contributed by atoms with Crippen LogP contribution in [0.1, 0.15) is 31.4 Å². The smallest absolute Gasteiger partial charge is 0.119 e. The van der Waals surface area contributed by atoms with E-state index in [-0.39, 0.29) is 0 Å². The predicted octanol–water partition coefficient (Wildman–Crippen LogP) is 4.35. The molecule has 0 aromatic heterocycles. The highest BCUT2D eigenvalue weighted by atomic mass is 35.5.